The van der Waals surface area contributed by atoms with Crippen LogP contribution in [0.5, 0.6) is 5.75 Å². The second-order valence-corrected chi connectivity index (χ2v) is 7.97. The molecule has 0 aliphatic carbocycles. The molecule has 1 aliphatic rings. The van der Waals surface area contributed by atoms with Gasteiger partial charge in [0.2, 0.25) is 0 Å². The highest BCUT2D eigenvalue weighted by Crippen LogP contribution is 2.36. The van der Waals surface area contributed by atoms with Crippen molar-refractivity contribution in [2.75, 3.05) is 6.61 Å². The second kappa shape index (κ2) is 7.91. The van der Waals surface area contributed by atoms with Crippen molar-refractivity contribution in [2.45, 2.75) is 12.5 Å². The number of rotatable bonds is 6. The van der Waals surface area contributed by atoms with Crippen molar-refractivity contribution in [3.63, 3.8) is 0 Å². The van der Waals surface area contributed by atoms with Gasteiger partial charge in [-0.05, 0) is 29.0 Å². The van der Waals surface area contributed by atoms with Gasteiger partial charge in [0.15, 0.2) is 6.61 Å². The Hall–Kier alpha value is -3.04. The fraction of sp³-hybridized carbons (Fsp3) is 0.158. The molecule has 0 radical (unpaired) electrons. The first-order chi connectivity index (χ1) is 13.6. The molecular weight excluding hydrogens is 398 g/mol. The van der Waals surface area contributed by atoms with Crippen LogP contribution in [0, 0.1) is 10.1 Å². The summed E-state index contributed by atoms with van der Waals surface area (Å²) in [6.45, 7) is -0.246. The van der Waals surface area contributed by atoms with Gasteiger partial charge in [0.1, 0.15) is 5.75 Å². The first-order valence-corrected chi connectivity index (χ1v) is 10.2. The SMILES string of the molecule is O=C(COc1cccc([N+](=O)[O-])c1)N1N=C(c2cccs2)C[C@H]1c1cccs1. The van der Waals surface area contributed by atoms with E-state index in [1.54, 1.807) is 28.7 Å². The number of nitro benzene ring substituents is 1. The number of nitrogens with zero attached hydrogens (tertiary/aromatic N) is 3. The Kier molecular flexibility index (Phi) is 5.18. The smallest absolute Gasteiger partial charge is 0.281 e. The average molecular weight is 413 g/mol. The largest absolute Gasteiger partial charge is 0.483 e. The van der Waals surface area contributed by atoms with Gasteiger partial charge in [-0.3, -0.25) is 14.9 Å². The van der Waals surface area contributed by atoms with Crippen molar-refractivity contribution in [3.05, 3.63) is 79.2 Å². The minimum absolute atomic E-state index is 0.0828. The van der Waals surface area contributed by atoms with Gasteiger partial charge in [-0.1, -0.05) is 18.2 Å². The normalized spacial score (nSPS) is 16.1. The van der Waals surface area contributed by atoms with Crippen LogP contribution in [0.15, 0.2) is 64.4 Å². The van der Waals surface area contributed by atoms with Gasteiger partial charge in [-0.15, -0.1) is 22.7 Å². The van der Waals surface area contributed by atoms with Crippen molar-refractivity contribution in [1.82, 2.24) is 5.01 Å². The molecule has 4 rings (SSSR count). The number of hydrogen-bond acceptors (Lipinski definition) is 7. The average Bonchev–Trinajstić information content (AvgIpc) is 3.46. The van der Waals surface area contributed by atoms with E-state index in [1.165, 1.54) is 23.2 Å². The molecule has 1 aromatic carbocycles. The summed E-state index contributed by atoms with van der Waals surface area (Å²) < 4.78 is 5.50. The fourth-order valence-corrected chi connectivity index (χ4v) is 4.47. The fourth-order valence-electron chi connectivity index (χ4n) is 2.93. The third-order valence-electron chi connectivity index (χ3n) is 4.23. The van der Waals surface area contributed by atoms with Crippen LogP contribution in [0.1, 0.15) is 22.2 Å². The molecule has 0 N–H and O–H groups in total. The van der Waals surface area contributed by atoms with Gasteiger partial charge in [0, 0.05) is 17.4 Å². The van der Waals surface area contributed by atoms with Crippen molar-refractivity contribution >= 4 is 40.0 Å². The zero-order chi connectivity index (χ0) is 19.5. The third kappa shape index (κ3) is 3.80. The molecule has 0 unspecified atom stereocenters. The Morgan fingerprint density at radius 3 is 2.75 bits per heavy atom. The molecule has 1 aliphatic heterocycles. The summed E-state index contributed by atoms with van der Waals surface area (Å²) in [4.78, 5) is 25.3. The number of amides is 1. The molecular formula is C19H15N3O4S2. The van der Waals surface area contributed by atoms with Crippen LogP contribution in [-0.2, 0) is 4.79 Å². The first kappa shape index (κ1) is 18.3. The molecule has 3 aromatic rings. The number of thiophene rings is 2. The van der Waals surface area contributed by atoms with E-state index in [1.807, 2.05) is 35.0 Å². The topological polar surface area (TPSA) is 85.0 Å². The van der Waals surface area contributed by atoms with Gasteiger partial charge in [0.25, 0.3) is 11.6 Å². The van der Waals surface area contributed by atoms with Crippen molar-refractivity contribution in [3.8, 4) is 5.75 Å². The molecule has 28 heavy (non-hydrogen) atoms. The predicted molar refractivity (Wildman–Crippen MR) is 108 cm³/mol. The monoisotopic (exact) mass is 413 g/mol. The number of carbonyl (C=O) groups is 1. The van der Waals surface area contributed by atoms with Crippen molar-refractivity contribution < 1.29 is 14.5 Å². The number of ether oxygens (including phenoxy) is 1. The molecule has 2 aromatic heterocycles. The molecule has 9 heteroatoms. The molecule has 1 amide bonds. The zero-order valence-corrected chi connectivity index (χ0v) is 16.2. The van der Waals surface area contributed by atoms with Gasteiger partial charge in [-0.2, -0.15) is 5.10 Å². The van der Waals surface area contributed by atoms with Crippen LogP contribution in [0.4, 0.5) is 5.69 Å². The van der Waals surface area contributed by atoms with E-state index in [2.05, 4.69) is 5.10 Å². The van der Waals surface area contributed by atoms with Crippen LogP contribution in [0.25, 0.3) is 0 Å². The molecule has 0 saturated carbocycles. The number of nitro groups is 1. The lowest BCUT2D eigenvalue weighted by Crippen LogP contribution is -2.31. The van der Waals surface area contributed by atoms with Crippen LogP contribution in [-0.4, -0.2) is 28.2 Å². The maximum atomic E-state index is 12.8. The van der Waals surface area contributed by atoms with E-state index >= 15 is 0 Å². The standard InChI is InChI=1S/C19H15N3O4S2/c23-19(12-26-14-5-1-4-13(10-14)22(24)25)21-16(18-7-3-9-28-18)11-15(20-21)17-6-2-8-27-17/h1-10,16H,11-12H2/t16-/m0/s1. The van der Waals surface area contributed by atoms with E-state index in [9.17, 15) is 14.9 Å². The highest BCUT2D eigenvalue weighted by Gasteiger charge is 2.34. The lowest BCUT2D eigenvalue weighted by Gasteiger charge is -2.20. The second-order valence-electron chi connectivity index (χ2n) is 6.04. The zero-order valence-electron chi connectivity index (χ0n) is 14.6. The summed E-state index contributed by atoms with van der Waals surface area (Å²) in [5, 5.41) is 20.9. The first-order valence-electron chi connectivity index (χ1n) is 8.46. The Labute approximate surface area is 168 Å². The minimum Gasteiger partial charge on any atom is -0.483 e. The van der Waals surface area contributed by atoms with Crippen LogP contribution >= 0.6 is 22.7 Å². The summed E-state index contributed by atoms with van der Waals surface area (Å²) in [5.41, 5.74) is 0.790. The number of hydrogen-bond donors (Lipinski definition) is 0. The Balaban J connectivity index is 1.52. The van der Waals surface area contributed by atoms with Crippen LogP contribution in [0.3, 0.4) is 0 Å². The summed E-state index contributed by atoms with van der Waals surface area (Å²) in [5.74, 6) is -0.0201. The van der Waals surface area contributed by atoms with Gasteiger partial charge in [-0.25, -0.2) is 5.01 Å². The van der Waals surface area contributed by atoms with Gasteiger partial charge < -0.3 is 4.74 Å². The molecule has 3 heterocycles. The lowest BCUT2D eigenvalue weighted by molar-refractivity contribution is -0.384. The Morgan fingerprint density at radius 2 is 2.04 bits per heavy atom. The summed E-state index contributed by atoms with van der Waals surface area (Å²) in [6.07, 6.45) is 0.642. The number of non-ortho nitro benzene ring substituents is 1. The number of carbonyl (C=O) groups excluding carboxylic acids is 1. The van der Waals surface area contributed by atoms with E-state index in [0.29, 0.717) is 6.42 Å². The molecule has 0 spiro atoms. The van der Waals surface area contributed by atoms with E-state index in [-0.39, 0.29) is 30.0 Å². The highest BCUT2D eigenvalue weighted by atomic mass is 32.1. The molecule has 0 saturated heterocycles. The van der Waals surface area contributed by atoms with E-state index in [4.69, 9.17) is 4.74 Å². The number of hydrazone groups is 1. The van der Waals surface area contributed by atoms with Crippen molar-refractivity contribution in [2.24, 2.45) is 5.10 Å². The number of benzene rings is 1. The third-order valence-corrected chi connectivity index (χ3v) is 6.13. The quantitative estimate of drug-likeness (QED) is 0.441. The van der Waals surface area contributed by atoms with E-state index in [0.717, 1.165) is 15.5 Å². The Morgan fingerprint density at radius 1 is 1.21 bits per heavy atom. The van der Waals surface area contributed by atoms with Gasteiger partial charge >= 0.3 is 0 Å². The summed E-state index contributed by atoms with van der Waals surface area (Å²) in [7, 11) is 0. The lowest BCUT2D eigenvalue weighted by atomic mass is 10.1. The highest BCUT2D eigenvalue weighted by molar-refractivity contribution is 7.12. The summed E-state index contributed by atoms with van der Waals surface area (Å²) >= 11 is 3.17. The molecule has 7 nitrogen and oxygen atoms in total. The van der Waals surface area contributed by atoms with Crippen LogP contribution in [0.2, 0.25) is 0 Å². The maximum absolute atomic E-state index is 12.8. The van der Waals surface area contributed by atoms with E-state index < -0.39 is 4.92 Å². The molecule has 0 fully saturated rings. The molecule has 0 bridgehead atoms. The van der Waals surface area contributed by atoms with Crippen molar-refractivity contribution in [1.29, 1.82) is 0 Å². The molecule has 142 valence electrons. The van der Waals surface area contributed by atoms with Gasteiger partial charge in [0.05, 0.1) is 27.6 Å². The molecule has 1 atom stereocenters. The Bertz CT molecular complexity index is 1020. The summed E-state index contributed by atoms with van der Waals surface area (Å²) in [6, 6.07) is 13.5. The van der Waals surface area contributed by atoms with Crippen LogP contribution < -0.4 is 4.74 Å². The maximum Gasteiger partial charge on any atom is 0.281 e. The predicted octanol–water partition coefficient (Wildman–Crippen LogP) is 4.47. The minimum atomic E-state index is -0.500.